The summed E-state index contributed by atoms with van der Waals surface area (Å²) in [6, 6.07) is 19.8. The summed E-state index contributed by atoms with van der Waals surface area (Å²) in [5.41, 5.74) is 2.36. The first-order valence-electron chi connectivity index (χ1n) is 10.3. The Bertz CT molecular complexity index is 752. The van der Waals surface area contributed by atoms with E-state index in [1.165, 1.54) is 5.56 Å². The zero-order chi connectivity index (χ0) is 21.1. The minimum Gasteiger partial charge on any atom is -0.352 e. The molecule has 0 aliphatic rings. The van der Waals surface area contributed by atoms with Gasteiger partial charge in [-0.15, -0.1) is 11.8 Å². The van der Waals surface area contributed by atoms with Crippen LogP contribution in [0.2, 0.25) is 0 Å². The van der Waals surface area contributed by atoms with Crippen LogP contribution in [0.4, 0.5) is 0 Å². The molecule has 2 rings (SSSR count). The van der Waals surface area contributed by atoms with Crippen molar-refractivity contribution in [3.63, 3.8) is 0 Å². The van der Waals surface area contributed by atoms with Crippen LogP contribution in [0, 0.1) is 0 Å². The minimum absolute atomic E-state index is 0.00802. The lowest BCUT2D eigenvalue weighted by Gasteiger charge is -2.29. The van der Waals surface area contributed by atoms with Crippen molar-refractivity contribution in [2.24, 2.45) is 0 Å². The molecule has 0 fully saturated rings. The second-order valence-electron chi connectivity index (χ2n) is 7.29. The van der Waals surface area contributed by atoms with Gasteiger partial charge in [0.05, 0.1) is 5.75 Å². The Kier molecular flexibility index (Phi) is 9.78. The SMILES string of the molecule is CCC(C)NC(=O)C(C)N(CCc1ccccc1)C(=O)CSCc1ccccc1. The van der Waals surface area contributed by atoms with Crippen LogP contribution in [0.3, 0.4) is 0 Å². The summed E-state index contributed by atoms with van der Waals surface area (Å²) in [4.78, 5) is 27.4. The average molecular weight is 413 g/mol. The number of rotatable bonds is 11. The lowest BCUT2D eigenvalue weighted by molar-refractivity contribution is -0.138. The first-order valence-corrected chi connectivity index (χ1v) is 11.4. The summed E-state index contributed by atoms with van der Waals surface area (Å²) in [5, 5.41) is 3.01. The Morgan fingerprint density at radius 1 is 0.966 bits per heavy atom. The van der Waals surface area contributed by atoms with Crippen molar-refractivity contribution in [1.29, 1.82) is 0 Å². The third kappa shape index (κ3) is 7.94. The average Bonchev–Trinajstić information content (AvgIpc) is 2.75. The zero-order valence-corrected chi connectivity index (χ0v) is 18.5. The summed E-state index contributed by atoms with van der Waals surface area (Å²) in [6.07, 6.45) is 1.60. The van der Waals surface area contributed by atoms with Crippen LogP contribution in [0.1, 0.15) is 38.3 Å². The Labute approximate surface area is 179 Å². The second kappa shape index (κ2) is 12.3. The van der Waals surface area contributed by atoms with E-state index in [0.717, 1.165) is 24.2 Å². The summed E-state index contributed by atoms with van der Waals surface area (Å²) in [7, 11) is 0. The van der Waals surface area contributed by atoms with Gasteiger partial charge in [0, 0.05) is 18.3 Å². The molecule has 0 aliphatic heterocycles. The third-order valence-corrected chi connectivity index (χ3v) is 5.98. The van der Waals surface area contributed by atoms with Gasteiger partial charge in [0.25, 0.3) is 0 Å². The number of carbonyl (C=O) groups is 2. The molecule has 0 spiro atoms. The molecule has 4 nitrogen and oxygen atoms in total. The van der Waals surface area contributed by atoms with Crippen LogP contribution in [-0.4, -0.2) is 41.1 Å². The van der Waals surface area contributed by atoms with Gasteiger partial charge >= 0.3 is 0 Å². The van der Waals surface area contributed by atoms with Gasteiger partial charge in [0.2, 0.25) is 11.8 Å². The number of carbonyl (C=O) groups excluding carboxylic acids is 2. The van der Waals surface area contributed by atoms with Crippen molar-refractivity contribution in [3.05, 3.63) is 71.8 Å². The number of benzene rings is 2. The first-order chi connectivity index (χ1) is 14.0. The summed E-state index contributed by atoms with van der Waals surface area (Å²) in [6.45, 7) is 6.37. The molecule has 2 unspecified atom stereocenters. The van der Waals surface area contributed by atoms with Crippen LogP contribution in [0.5, 0.6) is 0 Å². The maximum absolute atomic E-state index is 13.0. The maximum atomic E-state index is 13.0. The Morgan fingerprint density at radius 2 is 1.55 bits per heavy atom. The lowest BCUT2D eigenvalue weighted by Crippen LogP contribution is -2.51. The van der Waals surface area contributed by atoms with E-state index < -0.39 is 6.04 Å². The van der Waals surface area contributed by atoms with Gasteiger partial charge in [0.15, 0.2) is 0 Å². The lowest BCUT2D eigenvalue weighted by atomic mass is 10.1. The molecule has 0 aromatic heterocycles. The number of nitrogens with one attached hydrogen (secondary N) is 1. The highest BCUT2D eigenvalue weighted by molar-refractivity contribution is 7.99. The Hall–Kier alpha value is -2.27. The van der Waals surface area contributed by atoms with Crippen LogP contribution in [-0.2, 0) is 21.8 Å². The molecule has 2 aromatic carbocycles. The molecule has 0 aliphatic carbocycles. The predicted molar refractivity (Wildman–Crippen MR) is 122 cm³/mol. The fraction of sp³-hybridized carbons (Fsp3) is 0.417. The third-order valence-electron chi connectivity index (χ3n) is 4.99. The van der Waals surface area contributed by atoms with Crippen molar-refractivity contribution in [2.45, 2.75) is 51.4 Å². The minimum atomic E-state index is -0.488. The molecule has 2 amide bonds. The summed E-state index contributed by atoms with van der Waals surface area (Å²) < 4.78 is 0. The van der Waals surface area contributed by atoms with E-state index in [9.17, 15) is 9.59 Å². The van der Waals surface area contributed by atoms with Crippen LogP contribution < -0.4 is 5.32 Å². The molecule has 2 aromatic rings. The Morgan fingerprint density at radius 3 is 2.14 bits per heavy atom. The molecular weight excluding hydrogens is 380 g/mol. The first kappa shape index (κ1) is 23.0. The van der Waals surface area contributed by atoms with Gasteiger partial charge in [-0.05, 0) is 37.8 Å². The predicted octanol–water partition coefficient (Wildman–Crippen LogP) is 4.29. The van der Waals surface area contributed by atoms with Gasteiger partial charge in [-0.3, -0.25) is 9.59 Å². The molecule has 5 heteroatoms. The van der Waals surface area contributed by atoms with Crippen LogP contribution in [0.25, 0.3) is 0 Å². The highest BCUT2D eigenvalue weighted by Crippen LogP contribution is 2.14. The molecule has 1 N–H and O–H groups in total. The second-order valence-corrected chi connectivity index (χ2v) is 8.28. The molecule has 156 valence electrons. The van der Waals surface area contributed by atoms with Crippen molar-refractivity contribution in [1.82, 2.24) is 10.2 Å². The van der Waals surface area contributed by atoms with Gasteiger partial charge in [-0.1, -0.05) is 67.6 Å². The van der Waals surface area contributed by atoms with E-state index in [2.05, 4.69) is 29.6 Å². The number of thioether (sulfide) groups is 1. The van der Waals surface area contributed by atoms with E-state index in [4.69, 9.17) is 0 Å². The van der Waals surface area contributed by atoms with Gasteiger partial charge in [0.1, 0.15) is 6.04 Å². The van der Waals surface area contributed by atoms with Gasteiger partial charge in [-0.2, -0.15) is 0 Å². The maximum Gasteiger partial charge on any atom is 0.242 e. The Balaban J connectivity index is 1.99. The van der Waals surface area contributed by atoms with Crippen molar-refractivity contribution in [2.75, 3.05) is 12.3 Å². The number of hydrogen-bond acceptors (Lipinski definition) is 3. The van der Waals surface area contributed by atoms with Crippen LogP contribution >= 0.6 is 11.8 Å². The smallest absolute Gasteiger partial charge is 0.242 e. The van der Waals surface area contributed by atoms with Gasteiger partial charge < -0.3 is 10.2 Å². The summed E-state index contributed by atoms with van der Waals surface area (Å²) >= 11 is 1.59. The molecule has 0 bridgehead atoms. The summed E-state index contributed by atoms with van der Waals surface area (Å²) in [5.74, 6) is 1.07. The largest absolute Gasteiger partial charge is 0.352 e. The molecule has 29 heavy (non-hydrogen) atoms. The number of hydrogen-bond donors (Lipinski definition) is 1. The monoisotopic (exact) mass is 412 g/mol. The van der Waals surface area contributed by atoms with Crippen molar-refractivity contribution < 1.29 is 9.59 Å². The standard InChI is InChI=1S/C24H32N2O2S/c1-4-19(2)25-24(28)20(3)26(16-15-21-11-7-5-8-12-21)23(27)18-29-17-22-13-9-6-10-14-22/h5-14,19-20H,4,15-18H2,1-3H3,(H,25,28). The fourth-order valence-electron chi connectivity index (χ4n) is 2.95. The number of nitrogens with zero attached hydrogens (tertiary/aromatic N) is 1. The molecule has 0 heterocycles. The van der Waals surface area contributed by atoms with E-state index in [1.807, 2.05) is 57.2 Å². The van der Waals surface area contributed by atoms with Crippen LogP contribution in [0.15, 0.2) is 60.7 Å². The van der Waals surface area contributed by atoms with Crippen molar-refractivity contribution in [3.8, 4) is 0 Å². The van der Waals surface area contributed by atoms with Gasteiger partial charge in [-0.25, -0.2) is 0 Å². The topological polar surface area (TPSA) is 49.4 Å². The quantitative estimate of drug-likeness (QED) is 0.599. The number of amides is 2. The van der Waals surface area contributed by atoms with E-state index >= 15 is 0 Å². The van der Waals surface area contributed by atoms with Crippen molar-refractivity contribution >= 4 is 23.6 Å². The van der Waals surface area contributed by atoms with E-state index in [-0.39, 0.29) is 17.9 Å². The molecule has 0 saturated carbocycles. The highest BCUT2D eigenvalue weighted by Gasteiger charge is 2.26. The normalized spacial score (nSPS) is 12.8. The zero-order valence-electron chi connectivity index (χ0n) is 17.6. The molecule has 0 radical (unpaired) electrons. The molecule has 2 atom stereocenters. The fourth-order valence-corrected chi connectivity index (χ4v) is 3.82. The molecule has 0 saturated heterocycles. The van der Waals surface area contributed by atoms with E-state index in [0.29, 0.717) is 12.3 Å². The highest BCUT2D eigenvalue weighted by atomic mass is 32.2. The van der Waals surface area contributed by atoms with E-state index in [1.54, 1.807) is 16.7 Å². The molecular formula is C24H32N2O2S.